The predicted octanol–water partition coefficient (Wildman–Crippen LogP) is 1.18. The molecule has 4 heteroatoms. The first-order chi connectivity index (χ1) is 5.25. The summed E-state index contributed by atoms with van der Waals surface area (Å²) >= 11 is 0. The molecule has 0 saturated heterocycles. The standard InChI is InChI=1S/C7H6FN3/c1-5-9-7-3-2-6(8)4-11(7)10-5/h2-4H,1H3. The molecule has 2 aromatic heterocycles. The topological polar surface area (TPSA) is 30.2 Å². The van der Waals surface area contributed by atoms with E-state index in [-0.39, 0.29) is 5.82 Å². The normalized spacial score (nSPS) is 10.7. The number of halogens is 1. The number of hydrogen-bond acceptors (Lipinski definition) is 2. The fourth-order valence-corrected chi connectivity index (χ4v) is 0.969. The van der Waals surface area contributed by atoms with Gasteiger partial charge in [-0.05, 0) is 19.1 Å². The highest BCUT2D eigenvalue weighted by molar-refractivity contribution is 5.36. The molecule has 3 nitrogen and oxygen atoms in total. The van der Waals surface area contributed by atoms with Crippen LogP contribution >= 0.6 is 0 Å². The van der Waals surface area contributed by atoms with E-state index in [0.29, 0.717) is 11.5 Å². The van der Waals surface area contributed by atoms with Gasteiger partial charge in [0.2, 0.25) is 0 Å². The molecule has 0 atom stereocenters. The first kappa shape index (κ1) is 6.27. The summed E-state index contributed by atoms with van der Waals surface area (Å²) in [7, 11) is 0. The van der Waals surface area contributed by atoms with Gasteiger partial charge in [-0.2, -0.15) is 5.10 Å². The maximum absolute atomic E-state index is 12.6. The van der Waals surface area contributed by atoms with Crippen molar-refractivity contribution in [2.75, 3.05) is 0 Å². The highest BCUT2D eigenvalue weighted by Gasteiger charge is 1.98. The smallest absolute Gasteiger partial charge is 0.155 e. The van der Waals surface area contributed by atoms with Crippen molar-refractivity contribution >= 4 is 5.65 Å². The zero-order valence-corrected chi connectivity index (χ0v) is 5.95. The van der Waals surface area contributed by atoms with Crippen molar-refractivity contribution < 1.29 is 4.39 Å². The van der Waals surface area contributed by atoms with Crippen LogP contribution in [-0.4, -0.2) is 14.6 Å². The quantitative estimate of drug-likeness (QED) is 0.565. The lowest BCUT2D eigenvalue weighted by Gasteiger charge is -1.88. The molecule has 2 aromatic rings. The molecule has 0 aliphatic heterocycles. The van der Waals surface area contributed by atoms with Crippen molar-refractivity contribution in [3.05, 3.63) is 30.0 Å². The van der Waals surface area contributed by atoms with E-state index in [1.807, 2.05) is 0 Å². The van der Waals surface area contributed by atoms with Crippen molar-refractivity contribution in [1.82, 2.24) is 14.6 Å². The molecule has 0 amide bonds. The fourth-order valence-electron chi connectivity index (χ4n) is 0.969. The molecule has 0 aromatic carbocycles. The second kappa shape index (κ2) is 2.02. The van der Waals surface area contributed by atoms with Crippen LogP contribution in [0.2, 0.25) is 0 Å². The number of aryl methyl sites for hydroxylation is 1. The van der Waals surface area contributed by atoms with Crippen LogP contribution < -0.4 is 0 Å². The Hall–Kier alpha value is -1.45. The lowest BCUT2D eigenvalue weighted by molar-refractivity contribution is 0.614. The van der Waals surface area contributed by atoms with Crippen molar-refractivity contribution in [3.63, 3.8) is 0 Å². The van der Waals surface area contributed by atoms with Crippen LogP contribution in [0.3, 0.4) is 0 Å². The third-order valence-corrected chi connectivity index (χ3v) is 1.40. The van der Waals surface area contributed by atoms with Gasteiger partial charge in [0.15, 0.2) is 5.65 Å². The first-order valence-corrected chi connectivity index (χ1v) is 3.24. The molecule has 2 rings (SSSR count). The summed E-state index contributed by atoms with van der Waals surface area (Å²) in [5, 5.41) is 3.94. The van der Waals surface area contributed by atoms with E-state index in [4.69, 9.17) is 0 Å². The maximum atomic E-state index is 12.6. The van der Waals surface area contributed by atoms with Gasteiger partial charge in [0, 0.05) is 0 Å². The average Bonchev–Trinajstić information content (AvgIpc) is 2.27. The number of nitrogens with zero attached hydrogens (tertiary/aromatic N) is 3. The Morgan fingerprint density at radius 3 is 3.09 bits per heavy atom. The molecule has 0 aliphatic rings. The Morgan fingerprint density at radius 1 is 1.45 bits per heavy atom. The minimum Gasteiger partial charge on any atom is -0.218 e. The van der Waals surface area contributed by atoms with Crippen LogP contribution in [0, 0.1) is 12.7 Å². The van der Waals surface area contributed by atoms with Gasteiger partial charge in [-0.15, -0.1) is 0 Å². The molecule has 0 fully saturated rings. The van der Waals surface area contributed by atoms with Crippen LogP contribution in [0.15, 0.2) is 18.3 Å². The average molecular weight is 151 g/mol. The summed E-state index contributed by atoms with van der Waals surface area (Å²) in [5.74, 6) is 0.345. The van der Waals surface area contributed by atoms with E-state index in [2.05, 4.69) is 10.1 Å². The summed E-state index contributed by atoms with van der Waals surface area (Å²) in [5.41, 5.74) is 0.670. The lowest BCUT2D eigenvalue weighted by Crippen LogP contribution is -1.87. The van der Waals surface area contributed by atoms with Gasteiger partial charge in [-0.3, -0.25) is 0 Å². The Labute approximate surface area is 62.5 Å². The monoisotopic (exact) mass is 151 g/mol. The molecule has 0 aliphatic carbocycles. The second-order valence-corrected chi connectivity index (χ2v) is 2.31. The molecule has 0 saturated carbocycles. The van der Waals surface area contributed by atoms with Crippen LogP contribution in [0.1, 0.15) is 5.82 Å². The summed E-state index contributed by atoms with van der Waals surface area (Å²) in [6.45, 7) is 1.77. The first-order valence-electron chi connectivity index (χ1n) is 3.24. The molecule has 2 heterocycles. The van der Waals surface area contributed by atoms with E-state index in [1.54, 1.807) is 13.0 Å². The van der Waals surface area contributed by atoms with Crippen molar-refractivity contribution in [2.45, 2.75) is 6.92 Å². The van der Waals surface area contributed by atoms with Gasteiger partial charge >= 0.3 is 0 Å². The molecule has 0 radical (unpaired) electrons. The van der Waals surface area contributed by atoms with Crippen molar-refractivity contribution in [3.8, 4) is 0 Å². The number of rotatable bonds is 0. The molecular formula is C7H6FN3. The lowest BCUT2D eigenvalue weighted by atomic mass is 10.5. The van der Waals surface area contributed by atoms with Crippen LogP contribution in [-0.2, 0) is 0 Å². The zero-order valence-electron chi connectivity index (χ0n) is 5.95. The number of fused-ring (bicyclic) bond motifs is 1. The van der Waals surface area contributed by atoms with Gasteiger partial charge in [-0.1, -0.05) is 0 Å². The Balaban J connectivity index is 2.82. The molecular weight excluding hydrogens is 145 g/mol. The van der Waals surface area contributed by atoms with E-state index >= 15 is 0 Å². The Morgan fingerprint density at radius 2 is 2.27 bits per heavy atom. The van der Waals surface area contributed by atoms with E-state index in [9.17, 15) is 4.39 Å². The summed E-state index contributed by atoms with van der Waals surface area (Å²) in [6, 6.07) is 2.96. The summed E-state index contributed by atoms with van der Waals surface area (Å²) in [4.78, 5) is 4.04. The van der Waals surface area contributed by atoms with Gasteiger partial charge < -0.3 is 0 Å². The maximum Gasteiger partial charge on any atom is 0.155 e. The SMILES string of the molecule is Cc1nc2ccc(F)cn2n1. The molecule has 0 unspecified atom stereocenters. The third-order valence-electron chi connectivity index (χ3n) is 1.40. The van der Waals surface area contributed by atoms with Crippen molar-refractivity contribution in [1.29, 1.82) is 0 Å². The van der Waals surface area contributed by atoms with Crippen LogP contribution in [0.5, 0.6) is 0 Å². The molecule has 0 spiro atoms. The highest BCUT2D eigenvalue weighted by Crippen LogP contribution is 2.02. The second-order valence-electron chi connectivity index (χ2n) is 2.31. The summed E-state index contributed by atoms with van der Waals surface area (Å²) < 4.78 is 14.0. The van der Waals surface area contributed by atoms with Crippen molar-refractivity contribution in [2.24, 2.45) is 0 Å². The minimum absolute atomic E-state index is 0.303. The fraction of sp³-hybridized carbons (Fsp3) is 0.143. The van der Waals surface area contributed by atoms with Crippen LogP contribution in [0.25, 0.3) is 5.65 Å². The van der Waals surface area contributed by atoms with Gasteiger partial charge in [0.25, 0.3) is 0 Å². The van der Waals surface area contributed by atoms with Gasteiger partial charge in [0.1, 0.15) is 11.6 Å². The predicted molar refractivity (Wildman–Crippen MR) is 37.7 cm³/mol. The number of pyridine rings is 1. The van der Waals surface area contributed by atoms with E-state index < -0.39 is 0 Å². The number of hydrogen-bond donors (Lipinski definition) is 0. The van der Waals surface area contributed by atoms with Gasteiger partial charge in [0.05, 0.1) is 6.20 Å². The Bertz CT molecular complexity index is 393. The Kier molecular flexibility index (Phi) is 1.15. The molecule has 0 bridgehead atoms. The molecule has 0 N–H and O–H groups in total. The summed E-state index contributed by atoms with van der Waals surface area (Å²) in [6.07, 6.45) is 1.30. The molecule has 56 valence electrons. The van der Waals surface area contributed by atoms with Crippen LogP contribution in [0.4, 0.5) is 4.39 Å². The minimum atomic E-state index is -0.303. The highest BCUT2D eigenvalue weighted by atomic mass is 19.1. The third kappa shape index (κ3) is 0.960. The van der Waals surface area contributed by atoms with E-state index in [0.717, 1.165) is 0 Å². The largest absolute Gasteiger partial charge is 0.218 e. The van der Waals surface area contributed by atoms with Gasteiger partial charge in [-0.25, -0.2) is 13.9 Å². The number of aromatic nitrogens is 3. The zero-order chi connectivity index (χ0) is 7.84. The molecule has 11 heavy (non-hydrogen) atoms. The van der Waals surface area contributed by atoms with E-state index in [1.165, 1.54) is 16.8 Å².